The summed E-state index contributed by atoms with van der Waals surface area (Å²) in [6.07, 6.45) is 4.09. The molecule has 0 saturated carbocycles. The number of hydrogen-bond acceptors (Lipinski definition) is 3. The van der Waals surface area contributed by atoms with Gasteiger partial charge in [0.25, 0.3) is 0 Å². The van der Waals surface area contributed by atoms with E-state index in [1.54, 1.807) is 7.11 Å². The van der Waals surface area contributed by atoms with Crippen LogP contribution < -0.4 is 10.1 Å². The van der Waals surface area contributed by atoms with E-state index in [0.717, 1.165) is 19.4 Å². The van der Waals surface area contributed by atoms with Crippen molar-refractivity contribution in [3.05, 3.63) is 23.9 Å². The molecule has 1 heterocycles. The van der Waals surface area contributed by atoms with Gasteiger partial charge in [0.1, 0.15) is 0 Å². The monoisotopic (exact) mass is 208 g/mol. The van der Waals surface area contributed by atoms with Gasteiger partial charge in [-0.2, -0.15) is 0 Å². The smallest absolute Gasteiger partial charge is 0.212 e. The molecule has 1 atom stereocenters. The third kappa shape index (κ3) is 4.30. The van der Waals surface area contributed by atoms with Crippen LogP contribution in [0.25, 0.3) is 0 Å². The molecule has 1 aromatic rings. The molecular weight excluding hydrogens is 188 g/mol. The van der Waals surface area contributed by atoms with Crippen molar-refractivity contribution in [2.24, 2.45) is 0 Å². The summed E-state index contributed by atoms with van der Waals surface area (Å²) in [5.41, 5.74) is 1.26. The summed E-state index contributed by atoms with van der Waals surface area (Å²) in [5, 5.41) is 3.39. The molecule has 15 heavy (non-hydrogen) atoms. The van der Waals surface area contributed by atoms with Crippen molar-refractivity contribution in [2.45, 2.75) is 32.7 Å². The van der Waals surface area contributed by atoms with Gasteiger partial charge in [-0.25, -0.2) is 4.98 Å². The number of methoxy groups -OCH3 is 1. The Morgan fingerprint density at radius 2 is 2.27 bits per heavy atom. The predicted molar refractivity (Wildman–Crippen MR) is 62.2 cm³/mol. The van der Waals surface area contributed by atoms with E-state index in [2.05, 4.69) is 30.2 Å². The van der Waals surface area contributed by atoms with Crippen molar-refractivity contribution in [3.63, 3.8) is 0 Å². The Morgan fingerprint density at radius 1 is 1.47 bits per heavy atom. The number of nitrogens with one attached hydrogen (secondary N) is 1. The number of aryl methyl sites for hydroxylation is 1. The Hall–Kier alpha value is -1.09. The Bertz CT molecular complexity index is 271. The van der Waals surface area contributed by atoms with Crippen LogP contribution in [0.1, 0.15) is 25.8 Å². The third-order valence-corrected chi connectivity index (χ3v) is 2.43. The zero-order valence-electron chi connectivity index (χ0n) is 9.79. The molecule has 3 heteroatoms. The normalized spacial score (nSPS) is 12.5. The van der Waals surface area contributed by atoms with Crippen molar-refractivity contribution in [3.8, 4) is 5.88 Å². The minimum Gasteiger partial charge on any atom is -0.481 e. The second-order valence-corrected chi connectivity index (χ2v) is 3.71. The minimum atomic E-state index is 0.567. The Kier molecular flexibility index (Phi) is 5.12. The van der Waals surface area contributed by atoms with Crippen LogP contribution in [0.2, 0.25) is 0 Å². The van der Waals surface area contributed by atoms with Gasteiger partial charge >= 0.3 is 0 Å². The van der Waals surface area contributed by atoms with Crippen LogP contribution in [-0.4, -0.2) is 24.7 Å². The van der Waals surface area contributed by atoms with E-state index in [1.165, 1.54) is 5.56 Å². The highest BCUT2D eigenvalue weighted by atomic mass is 16.5. The average Bonchev–Trinajstić information content (AvgIpc) is 2.27. The summed E-state index contributed by atoms with van der Waals surface area (Å²) < 4.78 is 5.01. The van der Waals surface area contributed by atoms with E-state index < -0.39 is 0 Å². The molecule has 0 bridgehead atoms. The van der Waals surface area contributed by atoms with Gasteiger partial charge < -0.3 is 10.1 Å². The standard InChI is InChI=1S/C12H20N2O/c1-4-13-10(2)5-6-11-7-8-12(15-3)14-9-11/h7-10,13H,4-6H2,1-3H3. The maximum atomic E-state index is 5.01. The van der Waals surface area contributed by atoms with E-state index >= 15 is 0 Å². The molecule has 0 aliphatic carbocycles. The molecule has 0 aliphatic rings. The topological polar surface area (TPSA) is 34.1 Å². The molecular formula is C12H20N2O. The molecule has 1 rings (SSSR count). The molecule has 0 spiro atoms. The first-order chi connectivity index (χ1) is 7.26. The van der Waals surface area contributed by atoms with Gasteiger partial charge in [0.05, 0.1) is 7.11 Å². The SMILES string of the molecule is CCNC(C)CCc1ccc(OC)nc1. The summed E-state index contributed by atoms with van der Waals surface area (Å²) in [4.78, 5) is 4.18. The van der Waals surface area contributed by atoms with Crippen LogP contribution in [0, 0.1) is 0 Å². The molecule has 0 radical (unpaired) electrons. The van der Waals surface area contributed by atoms with E-state index in [4.69, 9.17) is 4.74 Å². The number of hydrogen-bond donors (Lipinski definition) is 1. The lowest BCUT2D eigenvalue weighted by atomic mass is 10.1. The Labute approximate surface area is 91.9 Å². The van der Waals surface area contributed by atoms with Gasteiger partial charge in [-0.1, -0.05) is 13.0 Å². The van der Waals surface area contributed by atoms with Crippen LogP contribution in [0.15, 0.2) is 18.3 Å². The summed E-state index contributed by atoms with van der Waals surface area (Å²) in [7, 11) is 1.63. The maximum absolute atomic E-state index is 5.01. The summed E-state index contributed by atoms with van der Waals surface area (Å²) in [5.74, 6) is 0.679. The fourth-order valence-electron chi connectivity index (χ4n) is 1.51. The first-order valence-electron chi connectivity index (χ1n) is 5.48. The van der Waals surface area contributed by atoms with Crippen LogP contribution >= 0.6 is 0 Å². The van der Waals surface area contributed by atoms with Crippen LogP contribution in [0.3, 0.4) is 0 Å². The van der Waals surface area contributed by atoms with E-state index in [-0.39, 0.29) is 0 Å². The number of pyridine rings is 1. The summed E-state index contributed by atoms with van der Waals surface area (Å²) >= 11 is 0. The highest BCUT2D eigenvalue weighted by Crippen LogP contribution is 2.09. The molecule has 0 amide bonds. The van der Waals surface area contributed by atoms with Crippen molar-refractivity contribution in [1.82, 2.24) is 10.3 Å². The fraction of sp³-hybridized carbons (Fsp3) is 0.583. The van der Waals surface area contributed by atoms with E-state index in [0.29, 0.717) is 11.9 Å². The number of aromatic nitrogens is 1. The molecule has 3 nitrogen and oxygen atoms in total. The first-order valence-corrected chi connectivity index (χ1v) is 5.48. The van der Waals surface area contributed by atoms with Gasteiger partial charge in [0.2, 0.25) is 5.88 Å². The van der Waals surface area contributed by atoms with Crippen LogP contribution in [0.5, 0.6) is 5.88 Å². The molecule has 1 aromatic heterocycles. The van der Waals surface area contributed by atoms with Crippen molar-refractivity contribution in [2.75, 3.05) is 13.7 Å². The zero-order valence-corrected chi connectivity index (χ0v) is 9.79. The molecule has 0 aliphatic heterocycles. The second-order valence-electron chi connectivity index (χ2n) is 3.71. The minimum absolute atomic E-state index is 0.567. The third-order valence-electron chi connectivity index (χ3n) is 2.43. The molecule has 0 saturated heterocycles. The summed E-state index contributed by atoms with van der Waals surface area (Å²) in [6, 6.07) is 4.55. The van der Waals surface area contributed by atoms with E-state index in [9.17, 15) is 0 Å². The van der Waals surface area contributed by atoms with E-state index in [1.807, 2.05) is 12.3 Å². The lowest BCUT2D eigenvalue weighted by Crippen LogP contribution is -2.25. The van der Waals surface area contributed by atoms with Gasteiger partial charge in [-0.05, 0) is 31.9 Å². The van der Waals surface area contributed by atoms with Gasteiger partial charge in [0.15, 0.2) is 0 Å². The Balaban J connectivity index is 2.37. The van der Waals surface area contributed by atoms with Gasteiger partial charge in [-0.3, -0.25) is 0 Å². The maximum Gasteiger partial charge on any atom is 0.212 e. The molecule has 1 unspecified atom stereocenters. The first kappa shape index (κ1) is 12.0. The number of rotatable bonds is 6. The van der Waals surface area contributed by atoms with Gasteiger partial charge in [0, 0.05) is 18.3 Å². The van der Waals surface area contributed by atoms with Crippen molar-refractivity contribution in [1.29, 1.82) is 0 Å². The fourth-order valence-corrected chi connectivity index (χ4v) is 1.51. The second kappa shape index (κ2) is 6.40. The highest BCUT2D eigenvalue weighted by Gasteiger charge is 2.01. The molecule has 1 N–H and O–H groups in total. The molecule has 0 fully saturated rings. The molecule has 84 valence electrons. The Morgan fingerprint density at radius 3 is 2.80 bits per heavy atom. The highest BCUT2D eigenvalue weighted by molar-refractivity contribution is 5.17. The lowest BCUT2D eigenvalue weighted by Gasteiger charge is -2.11. The quantitative estimate of drug-likeness (QED) is 0.776. The largest absolute Gasteiger partial charge is 0.481 e. The zero-order chi connectivity index (χ0) is 11.1. The van der Waals surface area contributed by atoms with Crippen molar-refractivity contribution >= 4 is 0 Å². The lowest BCUT2D eigenvalue weighted by molar-refractivity contribution is 0.397. The number of nitrogens with zero attached hydrogens (tertiary/aromatic N) is 1. The summed E-state index contributed by atoms with van der Waals surface area (Å²) in [6.45, 7) is 5.37. The van der Waals surface area contributed by atoms with Crippen LogP contribution in [-0.2, 0) is 6.42 Å². The predicted octanol–water partition coefficient (Wildman–Crippen LogP) is 2.02. The van der Waals surface area contributed by atoms with Crippen molar-refractivity contribution < 1.29 is 4.74 Å². The average molecular weight is 208 g/mol. The van der Waals surface area contributed by atoms with Crippen LogP contribution in [0.4, 0.5) is 0 Å². The molecule has 0 aromatic carbocycles. The van der Waals surface area contributed by atoms with Gasteiger partial charge in [-0.15, -0.1) is 0 Å². The number of ether oxygens (including phenoxy) is 1.